The molecule has 0 unspecified atom stereocenters. The molecule has 1 heterocycles. The molecule has 84 valence electrons. The Balaban J connectivity index is 2.94. The van der Waals surface area contributed by atoms with Gasteiger partial charge in [0.1, 0.15) is 11.3 Å². The minimum absolute atomic E-state index is 0.0407. The Labute approximate surface area is 95.9 Å². The predicted octanol–water partition coefficient (Wildman–Crippen LogP) is 1.53. The van der Waals surface area contributed by atoms with Gasteiger partial charge in [-0.3, -0.25) is 14.9 Å². The fraction of sp³-hybridized carbons (Fsp3) is 0.111. The lowest BCUT2D eigenvalue weighted by molar-refractivity contribution is -0.385. The third-order valence-electron chi connectivity index (χ3n) is 1.68. The van der Waals surface area contributed by atoms with Crippen LogP contribution in [-0.2, 0) is 4.79 Å². The zero-order valence-corrected chi connectivity index (χ0v) is 8.85. The second-order valence-electron chi connectivity index (χ2n) is 2.90. The molecule has 2 N–H and O–H groups in total. The second-order valence-corrected chi connectivity index (χ2v) is 3.26. The first-order valence-electron chi connectivity index (χ1n) is 4.25. The van der Waals surface area contributed by atoms with Crippen molar-refractivity contribution in [1.82, 2.24) is 4.98 Å². The molecule has 0 aliphatic carbocycles. The van der Waals surface area contributed by atoms with Gasteiger partial charge in [-0.1, -0.05) is 23.8 Å². The molecule has 1 aromatic heterocycles. The lowest BCUT2D eigenvalue weighted by Gasteiger charge is -1.97. The first-order valence-corrected chi connectivity index (χ1v) is 4.63. The second kappa shape index (κ2) is 5.22. The highest BCUT2D eigenvalue weighted by Gasteiger charge is 2.08. The van der Waals surface area contributed by atoms with E-state index in [4.69, 9.17) is 17.3 Å². The van der Waals surface area contributed by atoms with Gasteiger partial charge < -0.3 is 5.73 Å². The maximum atomic E-state index is 10.5. The smallest absolute Gasteiger partial charge is 0.288 e. The van der Waals surface area contributed by atoms with Crippen LogP contribution in [0.5, 0.6) is 0 Å². The summed E-state index contributed by atoms with van der Waals surface area (Å²) in [6.07, 6.45) is 4.04. The number of rotatable bonds is 4. The number of carbonyl (C=O) groups is 1. The Bertz CT molecular complexity index is 459. The van der Waals surface area contributed by atoms with Crippen molar-refractivity contribution in [2.75, 3.05) is 0 Å². The molecule has 0 fully saturated rings. The number of hydrogen-bond acceptors (Lipinski definition) is 4. The van der Waals surface area contributed by atoms with Crippen LogP contribution in [0.3, 0.4) is 0 Å². The zero-order valence-electron chi connectivity index (χ0n) is 8.09. The van der Waals surface area contributed by atoms with E-state index in [1.807, 2.05) is 0 Å². The normalized spacial score (nSPS) is 10.6. The number of aromatic nitrogens is 1. The van der Waals surface area contributed by atoms with Gasteiger partial charge in [0, 0.05) is 18.1 Å². The maximum absolute atomic E-state index is 10.5. The number of primary amides is 1. The van der Waals surface area contributed by atoms with Crippen LogP contribution in [-0.4, -0.2) is 15.8 Å². The highest BCUT2D eigenvalue weighted by atomic mass is 35.5. The lowest BCUT2D eigenvalue weighted by atomic mass is 10.2. The van der Waals surface area contributed by atoms with E-state index in [-0.39, 0.29) is 17.3 Å². The Morgan fingerprint density at radius 3 is 2.94 bits per heavy atom. The van der Waals surface area contributed by atoms with Crippen LogP contribution >= 0.6 is 11.6 Å². The number of nitro groups is 1. The third kappa shape index (κ3) is 3.32. The molecule has 0 aromatic carbocycles. The molecule has 0 saturated heterocycles. The summed E-state index contributed by atoms with van der Waals surface area (Å²) in [6, 6.07) is 1.27. The number of nitrogens with zero attached hydrogens (tertiary/aromatic N) is 2. The molecule has 1 rings (SSSR count). The number of nitrogens with two attached hydrogens (primary N) is 1. The van der Waals surface area contributed by atoms with E-state index < -0.39 is 10.8 Å². The van der Waals surface area contributed by atoms with Crippen LogP contribution < -0.4 is 5.73 Å². The fourth-order valence-corrected chi connectivity index (χ4v) is 1.14. The van der Waals surface area contributed by atoms with Crippen molar-refractivity contribution < 1.29 is 9.72 Å². The molecular weight excluding hydrogens is 234 g/mol. The predicted molar refractivity (Wildman–Crippen MR) is 58.7 cm³/mol. The van der Waals surface area contributed by atoms with Gasteiger partial charge in [-0.05, 0) is 0 Å². The van der Waals surface area contributed by atoms with Crippen LogP contribution in [0, 0.1) is 10.1 Å². The quantitative estimate of drug-likeness (QED) is 0.491. The molecule has 0 spiro atoms. The van der Waals surface area contributed by atoms with Crippen molar-refractivity contribution in [3.05, 3.63) is 39.2 Å². The standard InChI is InChI=1S/C9H8ClN3O3/c10-9-6(2-1-3-8(11)14)4-7(5-12-9)13(15)16/h1-2,4-5H,3H2,(H2,11,14). The first kappa shape index (κ1) is 12.1. The molecule has 1 aromatic rings. The molecule has 16 heavy (non-hydrogen) atoms. The molecule has 6 nitrogen and oxygen atoms in total. The van der Waals surface area contributed by atoms with E-state index in [0.29, 0.717) is 5.56 Å². The Morgan fingerprint density at radius 2 is 2.38 bits per heavy atom. The molecule has 0 atom stereocenters. The van der Waals surface area contributed by atoms with E-state index in [9.17, 15) is 14.9 Å². The van der Waals surface area contributed by atoms with Gasteiger partial charge in [-0.25, -0.2) is 4.98 Å². The van der Waals surface area contributed by atoms with E-state index in [0.717, 1.165) is 6.20 Å². The van der Waals surface area contributed by atoms with Crippen molar-refractivity contribution in [3.63, 3.8) is 0 Å². The summed E-state index contributed by atoms with van der Waals surface area (Å²) in [6.45, 7) is 0. The van der Waals surface area contributed by atoms with Crippen molar-refractivity contribution in [3.8, 4) is 0 Å². The van der Waals surface area contributed by atoms with Crippen LogP contribution in [0.4, 0.5) is 5.69 Å². The fourth-order valence-electron chi connectivity index (χ4n) is 0.972. The minimum atomic E-state index is -0.575. The van der Waals surface area contributed by atoms with E-state index in [1.54, 1.807) is 0 Å². The van der Waals surface area contributed by atoms with E-state index in [2.05, 4.69) is 4.98 Å². The van der Waals surface area contributed by atoms with Gasteiger partial charge in [0.2, 0.25) is 5.91 Å². The average molecular weight is 242 g/mol. The molecule has 7 heteroatoms. The van der Waals surface area contributed by atoms with Crippen molar-refractivity contribution in [2.24, 2.45) is 5.73 Å². The van der Waals surface area contributed by atoms with Gasteiger partial charge in [0.15, 0.2) is 0 Å². The number of amides is 1. The third-order valence-corrected chi connectivity index (χ3v) is 1.99. The number of halogens is 1. The molecule has 1 amide bonds. The summed E-state index contributed by atoms with van der Waals surface area (Å²) in [5, 5.41) is 10.6. The van der Waals surface area contributed by atoms with E-state index >= 15 is 0 Å². The lowest BCUT2D eigenvalue weighted by Crippen LogP contribution is -2.07. The Hall–Kier alpha value is -1.95. The van der Waals surface area contributed by atoms with Gasteiger partial charge in [-0.2, -0.15) is 0 Å². The molecule has 0 bridgehead atoms. The van der Waals surface area contributed by atoms with Crippen LogP contribution in [0.15, 0.2) is 18.3 Å². The SMILES string of the molecule is NC(=O)CC=Cc1cc([N+](=O)[O-])cnc1Cl. The monoisotopic (exact) mass is 241 g/mol. The summed E-state index contributed by atoms with van der Waals surface area (Å²) >= 11 is 5.72. The van der Waals surface area contributed by atoms with Gasteiger partial charge in [-0.15, -0.1) is 0 Å². The number of pyridine rings is 1. The van der Waals surface area contributed by atoms with E-state index in [1.165, 1.54) is 18.2 Å². The largest absolute Gasteiger partial charge is 0.369 e. The summed E-state index contributed by atoms with van der Waals surface area (Å²) in [5.41, 5.74) is 5.13. The Kier molecular flexibility index (Phi) is 3.96. The van der Waals surface area contributed by atoms with Crippen LogP contribution in [0.2, 0.25) is 5.15 Å². The van der Waals surface area contributed by atoms with Crippen molar-refractivity contribution >= 4 is 29.3 Å². The van der Waals surface area contributed by atoms with Crippen molar-refractivity contribution in [1.29, 1.82) is 0 Å². The molecule has 0 aliphatic heterocycles. The molecular formula is C9H8ClN3O3. The Morgan fingerprint density at radius 1 is 1.69 bits per heavy atom. The highest BCUT2D eigenvalue weighted by Crippen LogP contribution is 2.20. The maximum Gasteiger partial charge on any atom is 0.288 e. The summed E-state index contributed by atoms with van der Waals surface area (Å²) in [7, 11) is 0. The number of carbonyl (C=O) groups excluding carboxylic acids is 1. The van der Waals surface area contributed by atoms with Gasteiger partial charge in [0.05, 0.1) is 4.92 Å². The van der Waals surface area contributed by atoms with Crippen LogP contribution in [0.25, 0.3) is 6.08 Å². The summed E-state index contributed by atoms with van der Waals surface area (Å²) in [5.74, 6) is -0.495. The molecule has 0 radical (unpaired) electrons. The molecule has 0 aliphatic rings. The van der Waals surface area contributed by atoms with Crippen LogP contribution in [0.1, 0.15) is 12.0 Å². The summed E-state index contributed by atoms with van der Waals surface area (Å²) < 4.78 is 0. The highest BCUT2D eigenvalue weighted by molar-refractivity contribution is 6.30. The zero-order chi connectivity index (χ0) is 12.1. The average Bonchev–Trinajstić information content (AvgIpc) is 2.20. The topological polar surface area (TPSA) is 99.1 Å². The van der Waals surface area contributed by atoms with Gasteiger partial charge in [0.25, 0.3) is 5.69 Å². The molecule has 0 saturated carbocycles. The van der Waals surface area contributed by atoms with Gasteiger partial charge >= 0.3 is 0 Å². The van der Waals surface area contributed by atoms with Crippen molar-refractivity contribution in [2.45, 2.75) is 6.42 Å². The minimum Gasteiger partial charge on any atom is -0.369 e. The summed E-state index contributed by atoms with van der Waals surface area (Å²) in [4.78, 5) is 24.0. The number of hydrogen-bond donors (Lipinski definition) is 1. The first-order chi connectivity index (χ1) is 7.50.